The number of benzene rings is 2. The molecule has 0 fully saturated rings. The van der Waals surface area contributed by atoms with E-state index in [2.05, 4.69) is 4.98 Å². The predicted molar refractivity (Wildman–Crippen MR) is 86.7 cm³/mol. The molecule has 0 aliphatic rings. The number of aromatic nitrogens is 1. The van der Waals surface area contributed by atoms with Crippen molar-refractivity contribution in [1.82, 2.24) is 4.98 Å². The maximum atomic E-state index is 6.21. The van der Waals surface area contributed by atoms with Gasteiger partial charge in [0.05, 0.1) is 10.5 Å². The maximum Gasteiger partial charge on any atom is 0.0733 e. The van der Waals surface area contributed by atoms with Crippen LogP contribution in [0, 0.1) is 0 Å². The Kier molecular flexibility index (Phi) is 3.74. The topological polar surface area (TPSA) is 38.9 Å². The highest BCUT2D eigenvalue weighted by molar-refractivity contribution is 7.99. The third-order valence-corrected chi connectivity index (χ3v) is 4.65. The fourth-order valence-electron chi connectivity index (χ4n) is 1.90. The second-order valence-electron chi connectivity index (χ2n) is 4.26. The lowest BCUT2D eigenvalue weighted by molar-refractivity contribution is 1.34. The number of halogens is 2. The first kappa shape index (κ1) is 13.6. The molecule has 2 N–H and O–H groups in total. The summed E-state index contributed by atoms with van der Waals surface area (Å²) in [6, 6.07) is 13.1. The molecule has 3 aromatic rings. The summed E-state index contributed by atoms with van der Waals surface area (Å²) < 4.78 is 0. The Morgan fingerprint density at radius 1 is 0.950 bits per heavy atom. The first-order chi connectivity index (χ1) is 9.63. The molecule has 0 atom stereocenters. The molecule has 2 aromatic carbocycles. The van der Waals surface area contributed by atoms with Crippen LogP contribution < -0.4 is 5.73 Å². The zero-order chi connectivity index (χ0) is 14.1. The van der Waals surface area contributed by atoms with Crippen LogP contribution in [0.2, 0.25) is 10.0 Å². The number of anilines is 1. The first-order valence-electron chi connectivity index (χ1n) is 5.90. The first-order valence-corrected chi connectivity index (χ1v) is 7.48. The van der Waals surface area contributed by atoms with Gasteiger partial charge in [0.15, 0.2) is 0 Å². The summed E-state index contributed by atoms with van der Waals surface area (Å²) in [6.45, 7) is 0. The molecule has 2 nitrogen and oxygen atoms in total. The highest BCUT2D eigenvalue weighted by Crippen LogP contribution is 2.38. The Morgan fingerprint density at radius 2 is 1.80 bits per heavy atom. The second-order valence-corrected chi connectivity index (χ2v) is 6.19. The van der Waals surface area contributed by atoms with Crippen LogP contribution in [0.3, 0.4) is 0 Å². The van der Waals surface area contributed by atoms with Crippen molar-refractivity contribution in [2.45, 2.75) is 9.79 Å². The fourth-order valence-corrected chi connectivity index (χ4v) is 3.37. The Hall–Kier alpha value is -1.42. The molecule has 1 aromatic heterocycles. The standard InChI is InChI=1S/C15H10Cl2N2S/c16-9-1-4-12(17)15(7-9)20-14-5-6-19-13-8-10(18)2-3-11(13)14/h1-8H,18H2. The van der Waals surface area contributed by atoms with E-state index in [-0.39, 0.29) is 0 Å². The van der Waals surface area contributed by atoms with Gasteiger partial charge in [-0.05, 0) is 42.5 Å². The van der Waals surface area contributed by atoms with Crippen LogP contribution in [0.25, 0.3) is 10.9 Å². The van der Waals surface area contributed by atoms with E-state index in [1.165, 1.54) is 0 Å². The van der Waals surface area contributed by atoms with Gasteiger partial charge in [0, 0.05) is 32.1 Å². The van der Waals surface area contributed by atoms with Gasteiger partial charge in [-0.25, -0.2) is 0 Å². The number of fused-ring (bicyclic) bond motifs is 1. The number of nitrogen functional groups attached to an aromatic ring is 1. The number of nitrogens with zero attached hydrogens (tertiary/aromatic N) is 1. The smallest absolute Gasteiger partial charge is 0.0733 e. The average molecular weight is 321 g/mol. The summed E-state index contributed by atoms with van der Waals surface area (Å²) in [7, 11) is 0. The van der Waals surface area contributed by atoms with Crippen LogP contribution in [0.5, 0.6) is 0 Å². The van der Waals surface area contributed by atoms with E-state index in [4.69, 9.17) is 28.9 Å². The van der Waals surface area contributed by atoms with Crippen molar-refractivity contribution in [3.05, 3.63) is 58.7 Å². The summed E-state index contributed by atoms with van der Waals surface area (Å²) in [6.07, 6.45) is 1.77. The molecule has 20 heavy (non-hydrogen) atoms. The number of hydrogen-bond donors (Lipinski definition) is 1. The van der Waals surface area contributed by atoms with Gasteiger partial charge in [0.25, 0.3) is 0 Å². The van der Waals surface area contributed by atoms with E-state index in [0.29, 0.717) is 15.7 Å². The predicted octanol–water partition coefficient (Wildman–Crippen LogP) is 5.28. The van der Waals surface area contributed by atoms with Crippen molar-refractivity contribution in [2.24, 2.45) is 0 Å². The third kappa shape index (κ3) is 2.70. The lowest BCUT2D eigenvalue weighted by Gasteiger charge is -2.08. The summed E-state index contributed by atoms with van der Waals surface area (Å²) in [5.74, 6) is 0. The molecular formula is C15H10Cl2N2S. The quantitative estimate of drug-likeness (QED) is 0.653. The van der Waals surface area contributed by atoms with Gasteiger partial charge in [-0.2, -0.15) is 0 Å². The van der Waals surface area contributed by atoms with Gasteiger partial charge in [0.1, 0.15) is 0 Å². The molecule has 3 rings (SSSR count). The van der Waals surface area contributed by atoms with Crippen LogP contribution in [0.1, 0.15) is 0 Å². The maximum absolute atomic E-state index is 6.21. The van der Waals surface area contributed by atoms with E-state index in [1.54, 1.807) is 30.1 Å². The SMILES string of the molecule is Nc1ccc2c(Sc3cc(Cl)ccc3Cl)ccnc2c1. The van der Waals surface area contributed by atoms with E-state index in [0.717, 1.165) is 20.7 Å². The molecule has 0 radical (unpaired) electrons. The lowest BCUT2D eigenvalue weighted by Crippen LogP contribution is -1.87. The van der Waals surface area contributed by atoms with Gasteiger partial charge < -0.3 is 5.73 Å². The minimum atomic E-state index is 0.666. The van der Waals surface area contributed by atoms with Crippen molar-refractivity contribution in [3.8, 4) is 0 Å². The number of pyridine rings is 1. The average Bonchev–Trinajstić information content (AvgIpc) is 2.43. The molecule has 100 valence electrons. The number of rotatable bonds is 2. The Morgan fingerprint density at radius 3 is 2.65 bits per heavy atom. The molecule has 0 amide bonds. The normalized spacial score (nSPS) is 10.9. The summed E-state index contributed by atoms with van der Waals surface area (Å²) in [5, 5.41) is 2.39. The number of hydrogen-bond acceptors (Lipinski definition) is 3. The van der Waals surface area contributed by atoms with Gasteiger partial charge in [-0.15, -0.1) is 0 Å². The van der Waals surface area contributed by atoms with E-state index in [9.17, 15) is 0 Å². The fraction of sp³-hybridized carbons (Fsp3) is 0. The second kappa shape index (κ2) is 5.52. The van der Waals surface area contributed by atoms with Gasteiger partial charge in [0.2, 0.25) is 0 Å². The van der Waals surface area contributed by atoms with Crippen molar-refractivity contribution >= 4 is 51.6 Å². The highest BCUT2D eigenvalue weighted by Gasteiger charge is 2.08. The molecule has 0 aliphatic heterocycles. The molecule has 0 saturated carbocycles. The lowest BCUT2D eigenvalue weighted by atomic mass is 10.2. The van der Waals surface area contributed by atoms with Gasteiger partial charge >= 0.3 is 0 Å². The van der Waals surface area contributed by atoms with Crippen LogP contribution >= 0.6 is 35.0 Å². The molecule has 0 bridgehead atoms. The van der Waals surface area contributed by atoms with Crippen LogP contribution in [0.4, 0.5) is 5.69 Å². The zero-order valence-corrected chi connectivity index (χ0v) is 12.6. The molecular weight excluding hydrogens is 311 g/mol. The molecule has 5 heteroatoms. The third-order valence-electron chi connectivity index (χ3n) is 2.84. The van der Waals surface area contributed by atoms with Crippen LogP contribution in [-0.2, 0) is 0 Å². The molecule has 0 unspecified atom stereocenters. The van der Waals surface area contributed by atoms with Gasteiger partial charge in [-0.3, -0.25) is 4.98 Å². The van der Waals surface area contributed by atoms with Crippen molar-refractivity contribution < 1.29 is 0 Å². The molecule has 1 heterocycles. The molecule has 0 aliphatic carbocycles. The largest absolute Gasteiger partial charge is 0.399 e. The highest BCUT2D eigenvalue weighted by atomic mass is 35.5. The summed E-state index contributed by atoms with van der Waals surface area (Å²) in [4.78, 5) is 6.32. The van der Waals surface area contributed by atoms with Crippen LogP contribution in [-0.4, -0.2) is 4.98 Å². The summed E-state index contributed by atoms with van der Waals surface area (Å²) >= 11 is 13.8. The minimum absolute atomic E-state index is 0.666. The molecule has 0 saturated heterocycles. The van der Waals surface area contributed by atoms with Gasteiger partial charge in [-0.1, -0.05) is 35.0 Å². The number of nitrogens with two attached hydrogens (primary N) is 1. The Bertz CT molecular complexity index is 790. The van der Waals surface area contributed by atoms with Crippen molar-refractivity contribution in [2.75, 3.05) is 5.73 Å². The monoisotopic (exact) mass is 320 g/mol. The zero-order valence-electron chi connectivity index (χ0n) is 10.3. The minimum Gasteiger partial charge on any atom is -0.399 e. The van der Waals surface area contributed by atoms with Crippen molar-refractivity contribution in [1.29, 1.82) is 0 Å². The molecule has 0 spiro atoms. The van der Waals surface area contributed by atoms with Crippen LogP contribution in [0.15, 0.2) is 58.5 Å². The van der Waals surface area contributed by atoms with E-state index >= 15 is 0 Å². The van der Waals surface area contributed by atoms with E-state index < -0.39 is 0 Å². The van der Waals surface area contributed by atoms with Crippen molar-refractivity contribution in [3.63, 3.8) is 0 Å². The Labute approximate surface area is 130 Å². The van der Waals surface area contributed by atoms with E-state index in [1.807, 2.05) is 30.3 Å². The summed E-state index contributed by atoms with van der Waals surface area (Å²) in [5.41, 5.74) is 7.36. The Balaban J connectivity index is 2.09.